The molecule has 1 fully saturated rings. The smallest absolute Gasteiger partial charge is 0.338 e. The van der Waals surface area contributed by atoms with Gasteiger partial charge in [0.15, 0.2) is 0 Å². The minimum absolute atomic E-state index is 0.0518. The fraction of sp³-hybridized carbons (Fsp3) is 0.467. The second kappa shape index (κ2) is 7.54. The fourth-order valence-electron chi connectivity index (χ4n) is 2.27. The maximum atomic E-state index is 11.8. The minimum atomic E-state index is -0.324. The third-order valence-electron chi connectivity index (χ3n) is 3.52. The lowest BCUT2D eigenvalue weighted by Crippen LogP contribution is -2.52. The van der Waals surface area contributed by atoms with E-state index in [0.717, 1.165) is 6.54 Å². The molecule has 5 nitrogen and oxygen atoms in total. The van der Waals surface area contributed by atoms with Gasteiger partial charge in [-0.15, -0.1) is 0 Å². The van der Waals surface area contributed by atoms with E-state index < -0.39 is 0 Å². The largest absolute Gasteiger partial charge is 0.461 e. The van der Waals surface area contributed by atoms with Gasteiger partial charge in [-0.25, -0.2) is 9.21 Å². The predicted molar refractivity (Wildman–Crippen MR) is 80.2 cm³/mol. The number of piperazine rings is 1. The number of esters is 1. The van der Waals surface area contributed by atoms with Crippen molar-refractivity contribution in [1.82, 2.24) is 9.32 Å². The molecule has 1 atom stereocenters. The molecule has 2 rings (SSSR count). The van der Waals surface area contributed by atoms with E-state index in [4.69, 9.17) is 16.5 Å². The quantitative estimate of drug-likeness (QED) is 0.610. The molecule has 1 aliphatic heterocycles. The third-order valence-corrected chi connectivity index (χ3v) is 3.92. The lowest BCUT2D eigenvalue weighted by molar-refractivity contribution is -0.122. The Morgan fingerprint density at radius 3 is 2.67 bits per heavy atom. The minimum Gasteiger partial charge on any atom is -0.461 e. The van der Waals surface area contributed by atoms with Gasteiger partial charge >= 0.3 is 5.97 Å². The van der Waals surface area contributed by atoms with Gasteiger partial charge in [-0.3, -0.25) is 9.69 Å². The van der Waals surface area contributed by atoms with E-state index >= 15 is 0 Å². The highest BCUT2D eigenvalue weighted by atomic mass is 35.5. The zero-order valence-corrected chi connectivity index (χ0v) is 12.8. The molecule has 0 amide bonds. The molecule has 21 heavy (non-hydrogen) atoms. The van der Waals surface area contributed by atoms with E-state index in [1.54, 1.807) is 35.6 Å². The average Bonchev–Trinajstić information content (AvgIpc) is 2.49. The van der Waals surface area contributed by atoms with E-state index in [2.05, 4.69) is 4.90 Å². The molecule has 0 saturated carbocycles. The van der Waals surface area contributed by atoms with Crippen molar-refractivity contribution in [2.24, 2.45) is 0 Å². The molecule has 1 heterocycles. The van der Waals surface area contributed by atoms with Crippen molar-refractivity contribution >= 4 is 23.5 Å². The molecule has 0 bridgehead atoms. The summed E-state index contributed by atoms with van der Waals surface area (Å²) in [5, 5.41) is 0. The van der Waals surface area contributed by atoms with Gasteiger partial charge in [0.1, 0.15) is 12.4 Å². The molecule has 1 aliphatic rings. The van der Waals surface area contributed by atoms with Gasteiger partial charge in [0, 0.05) is 26.2 Å². The van der Waals surface area contributed by atoms with Crippen molar-refractivity contribution in [3.8, 4) is 0 Å². The SMILES string of the molecule is CC(=O)C1CN(CCOC(=O)c2ccccc2)CCN1Cl. The third kappa shape index (κ3) is 4.52. The summed E-state index contributed by atoms with van der Waals surface area (Å²) in [6, 6.07) is 8.61. The second-order valence-corrected chi connectivity index (χ2v) is 5.49. The number of hydrogen-bond acceptors (Lipinski definition) is 5. The summed E-state index contributed by atoms with van der Waals surface area (Å²) in [6.07, 6.45) is 0. The summed E-state index contributed by atoms with van der Waals surface area (Å²) >= 11 is 6.01. The van der Waals surface area contributed by atoms with E-state index in [9.17, 15) is 9.59 Å². The molecule has 0 aromatic heterocycles. The number of nitrogens with zero attached hydrogens (tertiary/aromatic N) is 2. The van der Waals surface area contributed by atoms with Gasteiger partial charge in [-0.1, -0.05) is 18.2 Å². The average molecular weight is 311 g/mol. The summed E-state index contributed by atoms with van der Waals surface area (Å²) in [4.78, 5) is 25.4. The first-order chi connectivity index (χ1) is 10.1. The highest BCUT2D eigenvalue weighted by Crippen LogP contribution is 2.13. The Hall–Kier alpha value is -1.43. The Kier molecular flexibility index (Phi) is 5.73. The number of ketones is 1. The monoisotopic (exact) mass is 310 g/mol. The summed E-state index contributed by atoms with van der Waals surface area (Å²) in [5.41, 5.74) is 0.546. The van der Waals surface area contributed by atoms with Crippen LogP contribution in [0.2, 0.25) is 0 Å². The van der Waals surface area contributed by atoms with Crippen LogP contribution in [0.1, 0.15) is 17.3 Å². The van der Waals surface area contributed by atoms with Crippen molar-refractivity contribution in [1.29, 1.82) is 0 Å². The van der Waals surface area contributed by atoms with Gasteiger partial charge in [0.25, 0.3) is 0 Å². The Morgan fingerprint density at radius 2 is 2.00 bits per heavy atom. The molecule has 0 aliphatic carbocycles. The Balaban J connectivity index is 1.76. The number of hydrogen-bond donors (Lipinski definition) is 0. The highest BCUT2D eigenvalue weighted by molar-refractivity contribution is 6.15. The van der Waals surface area contributed by atoms with Crippen LogP contribution < -0.4 is 0 Å². The highest BCUT2D eigenvalue weighted by Gasteiger charge is 2.28. The molecule has 0 spiro atoms. The molecule has 1 saturated heterocycles. The van der Waals surface area contributed by atoms with Gasteiger partial charge < -0.3 is 4.74 Å². The van der Waals surface area contributed by atoms with Crippen LogP contribution >= 0.6 is 11.8 Å². The normalized spacial score (nSPS) is 20.2. The standard InChI is InChI=1S/C15H19ClN2O3/c1-12(19)14-11-17(7-8-18(14)16)9-10-21-15(20)13-5-3-2-4-6-13/h2-6,14H,7-11H2,1H3. The maximum absolute atomic E-state index is 11.8. The van der Waals surface area contributed by atoms with Crippen molar-refractivity contribution in [2.45, 2.75) is 13.0 Å². The second-order valence-electron chi connectivity index (χ2n) is 5.05. The topological polar surface area (TPSA) is 49.9 Å². The summed E-state index contributed by atoms with van der Waals surface area (Å²) < 4.78 is 6.79. The van der Waals surface area contributed by atoms with Gasteiger partial charge in [-0.05, 0) is 30.8 Å². The zero-order valence-electron chi connectivity index (χ0n) is 12.0. The molecule has 1 aromatic carbocycles. The first kappa shape index (κ1) is 15.9. The number of carbonyl (C=O) groups is 2. The first-order valence-electron chi connectivity index (χ1n) is 6.95. The molecule has 114 valence electrons. The molecular formula is C15H19ClN2O3. The molecule has 0 radical (unpaired) electrons. The fourth-order valence-corrected chi connectivity index (χ4v) is 2.55. The van der Waals surface area contributed by atoms with Crippen molar-refractivity contribution < 1.29 is 14.3 Å². The number of benzene rings is 1. The molecule has 0 N–H and O–H groups in total. The van der Waals surface area contributed by atoms with Crippen molar-refractivity contribution in [3.63, 3.8) is 0 Å². The predicted octanol–water partition coefficient (Wildman–Crippen LogP) is 1.57. The van der Waals surface area contributed by atoms with Crippen molar-refractivity contribution in [2.75, 3.05) is 32.8 Å². The van der Waals surface area contributed by atoms with E-state index in [1.165, 1.54) is 0 Å². The van der Waals surface area contributed by atoms with Gasteiger partial charge in [0.2, 0.25) is 0 Å². The summed E-state index contributed by atoms with van der Waals surface area (Å²) in [6.45, 7) is 4.41. The lowest BCUT2D eigenvalue weighted by atomic mass is 10.1. The Labute approximate surface area is 129 Å². The number of ether oxygens (including phenoxy) is 1. The zero-order chi connectivity index (χ0) is 15.2. The summed E-state index contributed by atoms with van der Waals surface area (Å²) in [7, 11) is 0. The Morgan fingerprint density at radius 1 is 1.29 bits per heavy atom. The molecule has 6 heteroatoms. The summed E-state index contributed by atoms with van der Waals surface area (Å²) in [5.74, 6) is -0.273. The van der Waals surface area contributed by atoms with Crippen LogP contribution in [0.25, 0.3) is 0 Å². The lowest BCUT2D eigenvalue weighted by Gasteiger charge is -2.36. The molecule has 1 aromatic rings. The van der Waals surface area contributed by atoms with Crippen molar-refractivity contribution in [3.05, 3.63) is 35.9 Å². The number of rotatable bonds is 5. The molecule has 1 unspecified atom stereocenters. The van der Waals surface area contributed by atoms with E-state index in [0.29, 0.717) is 31.8 Å². The van der Waals surface area contributed by atoms with Crippen LogP contribution in [0.4, 0.5) is 0 Å². The van der Waals surface area contributed by atoms with Crippen LogP contribution in [0.3, 0.4) is 0 Å². The van der Waals surface area contributed by atoms with Crippen LogP contribution in [-0.4, -0.2) is 59.9 Å². The maximum Gasteiger partial charge on any atom is 0.338 e. The van der Waals surface area contributed by atoms with Gasteiger partial charge in [0.05, 0.1) is 11.6 Å². The van der Waals surface area contributed by atoms with Crippen LogP contribution in [0.5, 0.6) is 0 Å². The van der Waals surface area contributed by atoms with Gasteiger partial charge in [-0.2, -0.15) is 0 Å². The number of carbonyl (C=O) groups excluding carboxylic acids is 2. The molecular weight excluding hydrogens is 292 g/mol. The number of halogens is 1. The van der Waals surface area contributed by atoms with E-state index in [1.807, 2.05) is 6.07 Å². The Bertz CT molecular complexity index is 495. The van der Waals surface area contributed by atoms with Crippen LogP contribution in [0, 0.1) is 0 Å². The first-order valence-corrected chi connectivity index (χ1v) is 7.29. The van der Waals surface area contributed by atoms with Crippen LogP contribution in [0.15, 0.2) is 30.3 Å². The van der Waals surface area contributed by atoms with E-state index in [-0.39, 0.29) is 17.8 Å². The van der Waals surface area contributed by atoms with Crippen LogP contribution in [-0.2, 0) is 9.53 Å². The number of Topliss-reactive ketones (excluding diaryl/α,β-unsaturated/α-hetero) is 1.